The zero-order valence-electron chi connectivity index (χ0n) is 20.3. The Hall–Kier alpha value is -4.01. The van der Waals surface area contributed by atoms with Crippen LogP contribution in [0.1, 0.15) is 28.8 Å². The fourth-order valence-electron chi connectivity index (χ4n) is 4.88. The number of carboxylic acid groups (broad SMARTS) is 1. The number of carboxylic acids is 1. The average Bonchev–Trinajstić information content (AvgIpc) is 2.81. The molecule has 6 rings (SSSR count). The number of benzene rings is 3. The number of nitrogens with zero attached hydrogens (tertiary/aromatic N) is 2. The second-order valence-corrected chi connectivity index (χ2v) is 10.3. The highest BCUT2D eigenvalue weighted by atomic mass is 32.1. The van der Waals surface area contributed by atoms with E-state index in [1.165, 1.54) is 11.3 Å². The summed E-state index contributed by atoms with van der Waals surface area (Å²) in [5.74, 6) is -6.18. The number of hydrogen-bond acceptors (Lipinski definition) is 6. The van der Waals surface area contributed by atoms with Crippen molar-refractivity contribution in [3.8, 4) is 21.6 Å². The summed E-state index contributed by atoms with van der Waals surface area (Å²) in [6, 6.07) is 11.4. The number of carbonyl (C=O) groups is 1. The van der Waals surface area contributed by atoms with Crippen molar-refractivity contribution < 1.29 is 32.7 Å². The second-order valence-electron chi connectivity index (χ2n) is 9.21. The van der Waals surface area contributed by atoms with Crippen molar-refractivity contribution in [2.75, 3.05) is 31.1 Å². The predicted molar refractivity (Wildman–Crippen MR) is 134 cm³/mol. The van der Waals surface area contributed by atoms with Gasteiger partial charge in [-0.3, -0.25) is 0 Å². The first-order valence-electron chi connectivity index (χ1n) is 12.0. The molecule has 0 saturated carbocycles. The Morgan fingerprint density at radius 1 is 0.974 bits per heavy atom. The third-order valence-electron chi connectivity index (χ3n) is 7.13. The number of halogens is 3. The van der Waals surface area contributed by atoms with Gasteiger partial charge in [0, 0.05) is 73.7 Å². The molecule has 0 radical (unpaired) electrons. The monoisotopic (exact) mass is 538 g/mol. The maximum atomic E-state index is 15.6. The first-order chi connectivity index (χ1) is 18.3. The molecule has 3 aliphatic heterocycles. The van der Waals surface area contributed by atoms with Gasteiger partial charge in [0.15, 0.2) is 11.6 Å². The van der Waals surface area contributed by atoms with E-state index in [1.54, 1.807) is 0 Å². The van der Waals surface area contributed by atoms with Crippen LogP contribution in [0.3, 0.4) is 0 Å². The molecule has 0 aromatic heterocycles. The lowest BCUT2D eigenvalue weighted by atomic mass is 9.89. The van der Waals surface area contributed by atoms with Crippen molar-refractivity contribution in [2.45, 2.75) is 19.8 Å². The number of aromatic carboxylic acids is 1. The molecule has 2 aromatic rings. The van der Waals surface area contributed by atoms with Gasteiger partial charge in [-0.05, 0) is 31.5 Å². The summed E-state index contributed by atoms with van der Waals surface area (Å²) in [4.78, 5) is 31.3. The number of fused-ring (bicyclic) bond motifs is 2. The van der Waals surface area contributed by atoms with Crippen molar-refractivity contribution in [1.29, 1.82) is 0 Å². The average molecular weight is 539 g/mol. The van der Waals surface area contributed by atoms with E-state index in [0.717, 1.165) is 66.6 Å². The molecule has 0 amide bonds. The third kappa shape index (κ3) is 4.15. The van der Waals surface area contributed by atoms with E-state index in [4.69, 9.17) is 9.59 Å². The molecular weight excluding hydrogens is 517 g/mol. The summed E-state index contributed by atoms with van der Waals surface area (Å²) in [7, 11) is 0. The Bertz CT molecular complexity index is 1680. The van der Waals surface area contributed by atoms with Crippen molar-refractivity contribution in [2.24, 2.45) is 0 Å². The topological polar surface area (TPSA) is 80.5 Å². The Morgan fingerprint density at radius 3 is 2.26 bits per heavy atom. The molecule has 0 atom stereocenters. The van der Waals surface area contributed by atoms with E-state index in [-0.39, 0.29) is 11.7 Å². The van der Waals surface area contributed by atoms with Gasteiger partial charge >= 0.3 is 6.15 Å². The summed E-state index contributed by atoms with van der Waals surface area (Å²) >= 11 is 1.52. The highest BCUT2D eigenvalue weighted by molar-refractivity contribution is 7.21. The Balaban J connectivity index is 0.000000937. The van der Waals surface area contributed by atoms with Crippen LogP contribution in [-0.2, 0) is 9.59 Å². The number of hydrogen-bond donors (Lipinski definition) is 0. The molecule has 2 fully saturated rings. The van der Waals surface area contributed by atoms with Crippen molar-refractivity contribution in [3.63, 3.8) is 0 Å². The van der Waals surface area contributed by atoms with E-state index in [0.29, 0.717) is 10.9 Å². The molecular formula is C28H21F3N2O4S. The molecule has 38 heavy (non-hydrogen) atoms. The smallest absolute Gasteiger partial charge is 0.373 e. The highest BCUT2D eigenvalue weighted by Crippen LogP contribution is 2.47. The van der Waals surface area contributed by atoms with Crippen LogP contribution in [0.25, 0.3) is 31.7 Å². The van der Waals surface area contributed by atoms with Crippen LogP contribution in [0.15, 0.2) is 36.4 Å². The zero-order valence-corrected chi connectivity index (χ0v) is 21.1. The van der Waals surface area contributed by atoms with Gasteiger partial charge in [0.05, 0.1) is 12.4 Å². The molecule has 0 spiro atoms. The molecule has 10 heteroatoms. The first-order valence-corrected chi connectivity index (χ1v) is 12.8. The molecule has 4 aliphatic rings. The molecule has 2 saturated heterocycles. The van der Waals surface area contributed by atoms with Gasteiger partial charge < -0.3 is 14.8 Å². The fourth-order valence-corrected chi connectivity index (χ4v) is 6.04. The maximum Gasteiger partial charge on any atom is 0.373 e. The molecule has 6 nitrogen and oxygen atoms in total. The van der Waals surface area contributed by atoms with E-state index in [9.17, 15) is 18.7 Å². The molecule has 0 N–H and O–H groups in total. The predicted octanol–water partition coefficient (Wildman–Crippen LogP) is 3.56. The molecule has 3 heterocycles. The lowest BCUT2D eigenvalue weighted by Crippen LogP contribution is -2.40. The minimum atomic E-state index is -1.96. The summed E-state index contributed by atoms with van der Waals surface area (Å²) < 4.78 is 48.0. The van der Waals surface area contributed by atoms with Gasteiger partial charge in [-0.2, -0.15) is 9.59 Å². The summed E-state index contributed by atoms with van der Waals surface area (Å²) in [5.41, 5.74) is -0.300. The van der Waals surface area contributed by atoms with Crippen LogP contribution in [0.4, 0.5) is 18.9 Å². The number of anilines is 1. The van der Waals surface area contributed by atoms with Gasteiger partial charge in [0.1, 0.15) is 18.9 Å². The van der Waals surface area contributed by atoms with Crippen LogP contribution in [-0.4, -0.2) is 38.3 Å². The zero-order chi connectivity index (χ0) is 27.1. The van der Waals surface area contributed by atoms with E-state index in [1.807, 2.05) is 36.4 Å². The van der Waals surface area contributed by atoms with Crippen molar-refractivity contribution in [1.82, 2.24) is 4.58 Å². The van der Waals surface area contributed by atoms with Gasteiger partial charge in [0.2, 0.25) is 5.36 Å². The molecule has 1 aliphatic carbocycles. The maximum absolute atomic E-state index is 15.6. The van der Waals surface area contributed by atoms with Crippen LogP contribution < -0.4 is 19.9 Å². The van der Waals surface area contributed by atoms with Crippen LogP contribution in [0.5, 0.6) is 0 Å². The molecule has 194 valence electrons. The van der Waals surface area contributed by atoms with Crippen LogP contribution in [0.2, 0.25) is 0 Å². The normalized spacial score (nSPS) is 14.4. The Morgan fingerprint density at radius 2 is 1.68 bits per heavy atom. The number of rotatable bonds is 3. The number of carbonyl (C=O) groups excluding carboxylic acids is 3. The summed E-state index contributed by atoms with van der Waals surface area (Å²) in [6.07, 6.45) is 2.47. The largest absolute Gasteiger partial charge is 0.545 e. The summed E-state index contributed by atoms with van der Waals surface area (Å²) in [6.45, 7) is 4.89. The SMILES string of the molecule is Cc1c(F)c(F)c(C(=O)[O-])c(-c2c3ccc(=[N+]4CCC4)cc-3sc3cc(N4CCC4)ccc23)c1F.O=C=O. The fraction of sp³-hybridized carbons (Fsp3) is 0.250. The second kappa shape index (κ2) is 10.0. The van der Waals surface area contributed by atoms with E-state index >= 15 is 4.39 Å². The van der Waals surface area contributed by atoms with Gasteiger partial charge in [-0.1, -0.05) is 6.07 Å². The van der Waals surface area contributed by atoms with E-state index < -0.39 is 40.1 Å². The third-order valence-corrected chi connectivity index (χ3v) is 8.24. The quantitative estimate of drug-likeness (QED) is 0.226. The van der Waals surface area contributed by atoms with Gasteiger partial charge in [-0.15, -0.1) is 11.3 Å². The Labute approximate surface area is 219 Å². The van der Waals surface area contributed by atoms with Crippen LogP contribution in [0, 0.1) is 24.4 Å². The minimum absolute atomic E-state index is 0.234. The molecule has 0 bridgehead atoms. The van der Waals surface area contributed by atoms with E-state index in [2.05, 4.69) is 9.48 Å². The van der Waals surface area contributed by atoms with Gasteiger partial charge in [-0.25, -0.2) is 17.7 Å². The first kappa shape index (κ1) is 25.6. The standard InChI is InChI=1S/C27H21F3N2O2S.CO2/c1-14-24(28)22(23(27(33)34)26(30)25(14)29)21-17-6-4-15(31-8-2-9-31)12-19(17)35-20-13-16(5-7-18(20)21)32-10-3-11-32;2-1-3/h4-7,12-13H,2-3,8-11H2,1H3;. The van der Waals surface area contributed by atoms with Gasteiger partial charge in [0.25, 0.3) is 0 Å². The molecule has 2 aromatic carbocycles. The minimum Gasteiger partial charge on any atom is -0.545 e. The Kier molecular flexibility index (Phi) is 6.77. The van der Waals surface area contributed by atoms with Crippen molar-refractivity contribution >= 4 is 39.2 Å². The lowest BCUT2D eigenvalue weighted by Gasteiger charge is -2.33. The van der Waals surface area contributed by atoms with Crippen LogP contribution >= 0.6 is 11.3 Å². The molecule has 0 unspecified atom stereocenters. The van der Waals surface area contributed by atoms with Crippen molar-refractivity contribution in [3.05, 3.63) is 70.3 Å². The summed E-state index contributed by atoms with van der Waals surface area (Å²) in [5, 5.41) is 13.6. The lowest BCUT2D eigenvalue weighted by molar-refractivity contribution is -0.255. The highest BCUT2D eigenvalue weighted by Gasteiger charge is 2.29.